The van der Waals surface area contributed by atoms with Crippen molar-refractivity contribution in [2.75, 3.05) is 11.9 Å². The molecule has 0 aromatic heterocycles. The van der Waals surface area contributed by atoms with Crippen molar-refractivity contribution in [3.63, 3.8) is 0 Å². The third-order valence-corrected chi connectivity index (χ3v) is 5.36. The van der Waals surface area contributed by atoms with Crippen molar-refractivity contribution < 1.29 is 23.9 Å². The molecule has 154 valence electrons. The van der Waals surface area contributed by atoms with Crippen LogP contribution < -0.4 is 5.32 Å². The molecule has 0 atom stereocenters. The number of nitrogens with one attached hydrogen (secondary N) is 1. The highest BCUT2D eigenvalue weighted by Gasteiger charge is 2.33. The number of halogens is 2. The summed E-state index contributed by atoms with van der Waals surface area (Å²) in [6.45, 7) is -0.636. The van der Waals surface area contributed by atoms with E-state index in [0.717, 1.165) is 0 Å². The molecule has 0 unspecified atom stereocenters. The molecule has 1 N–H and O–H groups in total. The maximum absolute atomic E-state index is 13.0. The van der Waals surface area contributed by atoms with Gasteiger partial charge in [-0.1, -0.05) is 65.7 Å². The number of para-hydroxylation sites is 1. The first-order valence-corrected chi connectivity index (χ1v) is 9.86. The maximum atomic E-state index is 13.0. The van der Waals surface area contributed by atoms with Crippen LogP contribution in [-0.2, 0) is 9.53 Å². The van der Waals surface area contributed by atoms with Gasteiger partial charge < -0.3 is 10.1 Å². The average molecular weight is 454 g/mol. The van der Waals surface area contributed by atoms with Crippen LogP contribution in [0.2, 0.25) is 10.0 Å². The van der Waals surface area contributed by atoms with Crippen LogP contribution in [0.1, 0.15) is 42.2 Å². The standard InChI is InChI=1S/C23H13Cl2NO5/c24-16-9-4-10-17(25)20(16)26-18(27)11-31-23(30)15-8-3-7-14-19(15)22(29)13-6-2-1-5-12(13)21(14)28/h1-10H,11H2,(H,26,27). The van der Waals surface area contributed by atoms with Gasteiger partial charge in [0.05, 0.1) is 21.3 Å². The lowest BCUT2D eigenvalue weighted by molar-refractivity contribution is -0.119. The Kier molecular flexibility index (Phi) is 5.59. The van der Waals surface area contributed by atoms with Crippen molar-refractivity contribution in [2.45, 2.75) is 0 Å². The Hall–Kier alpha value is -3.48. The van der Waals surface area contributed by atoms with Gasteiger partial charge in [0.1, 0.15) is 0 Å². The van der Waals surface area contributed by atoms with Crippen molar-refractivity contribution in [3.05, 3.63) is 98.5 Å². The van der Waals surface area contributed by atoms with Crippen molar-refractivity contribution in [1.29, 1.82) is 0 Å². The fourth-order valence-electron chi connectivity index (χ4n) is 3.32. The van der Waals surface area contributed by atoms with Gasteiger partial charge >= 0.3 is 5.97 Å². The summed E-state index contributed by atoms with van der Waals surface area (Å²) in [7, 11) is 0. The lowest BCUT2D eigenvalue weighted by atomic mass is 9.82. The van der Waals surface area contributed by atoms with Crippen molar-refractivity contribution in [1.82, 2.24) is 0 Å². The zero-order valence-electron chi connectivity index (χ0n) is 15.8. The fraction of sp³-hybridized carbons (Fsp3) is 0.0435. The first-order chi connectivity index (χ1) is 14.9. The van der Waals surface area contributed by atoms with E-state index in [1.807, 2.05) is 0 Å². The van der Waals surface area contributed by atoms with Gasteiger partial charge in [-0.15, -0.1) is 0 Å². The Labute approximate surface area is 186 Å². The van der Waals surface area contributed by atoms with Crippen LogP contribution in [0, 0.1) is 0 Å². The van der Waals surface area contributed by atoms with Gasteiger partial charge in [-0.05, 0) is 18.2 Å². The summed E-state index contributed by atoms with van der Waals surface area (Å²) in [6.07, 6.45) is 0. The van der Waals surface area contributed by atoms with Crippen molar-refractivity contribution >= 4 is 52.3 Å². The van der Waals surface area contributed by atoms with Crippen LogP contribution in [0.4, 0.5) is 5.69 Å². The van der Waals surface area contributed by atoms with Crippen molar-refractivity contribution in [3.8, 4) is 0 Å². The number of esters is 1. The number of fused-ring (bicyclic) bond motifs is 2. The highest BCUT2D eigenvalue weighted by molar-refractivity contribution is 6.39. The minimum Gasteiger partial charge on any atom is -0.452 e. The van der Waals surface area contributed by atoms with Gasteiger partial charge in [0.15, 0.2) is 18.2 Å². The second-order valence-electron chi connectivity index (χ2n) is 6.65. The highest BCUT2D eigenvalue weighted by atomic mass is 35.5. The summed E-state index contributed by atoms with van der Waals surface area (Å²) < 4.78 is 5.08. The summed E-state index contributed by atoms with van der Waals surface area (Å²) in [4.78, 5) is 50.6. The number of amides is 1. The van der Waals surface area contributed by atoms with E-state index in [0.29, 0.717) is 0 Å². The van der Waals surface area contributed by atoms with E-state index in [1.54, 1.807) is 36.4 Å². The molecule has 1 aliphatic rings. The average Bonchev–Trinajstić information content (AvgIpc) is 2.78. The number of anilines is 1. The smallest absolute Gasteiger partial charge is 0.339 e. The number of carbonyl (C=O) groups is 4. The largest absolute Gasteiger partial charge is 0.452 e. The van der Waals surface area contributed by atoms with Gasteiger partial charge in [0, 0.05) is 22.3 Å². The molecule has 1 aliphatic carbocycles. The quantitative estimate of drug-likeness (QED) is 0.457. The molecule has 31 heavy (non-hydrogen) atoms. The van der Waals surface area contributed by atoms with Gasteiger partial charge in [0.25, 0.3) is 5.91 Å². The molecule has 8 heteroatoms. The van der Waals surface area contributed by atoms with Gasteiger partial charge in [-0.3, -0.25) is 14.4 Å². The molecule has 3 aromatic rings. The predicted molar refractivity (Wildman–Crippen MR) is 115 cm³/mol. The summed E-state index contributed by atoms with van der Waals surface area (Å²) in [6, 6.07) is 15.5. The fourth-order valence-corrected chi connectivity index (χ4v) is 3.81. The van der Waals surface area contributed by atoms with E-state index in [9.17, 15) is 19.2 Å². The third kappa shape index (κ3) is 3.83. The minimum absolute atomic E-state index is 0.0363. The molecule has 0 fully saturated rings. The molecule has 0 saturated carbocycles. The predicted octanol–water partition coefficient (Wildman–Crippen LogP) is 4.56. The molecular formula is C23H13Cl2NO5. The molecule has 4 rings (SSSR count). The Morgan fingerprint density at radius 1 is 0.774 bits per heavy atom. The number of benzene rings is 3. The third-order valence-electron chi connectivity index (χ3n) is 4.73. The normalized spacial score (nSPS) is 12.1. The molecule has 0 bridgehead atoms. The Bertz CT molecular complexity index is 1250. The SMILES string of the molecule is O=C(COC(=O)c1cccc2c1C(=O)c1ccccc1C2=O)Nc1c(Cl)cccc1Cl. The van der Waals surface area contributed by atoms with Crippen LogP contribution in [0.25, 0.3) is 0 Å². The maximum Gasteiger partial charge on any atom is 0.339 e. The van der Waals surface area contributed by atoms with Crippen molar-refractivity contribution in [2.24, 2.45) is 0 Å². The van der Waals surface area contributed by atoms with E-state index in [4.69, 9.17) is 27.9 Å². The van der Waals surface area contributed by atoms with Gasteiger partial charge in [0.2, 0.25) is 0 Å². The molecule has 0 aliphatic heterocycles. The molecule has 0 heterocycles. The van der Waals surface area contributed by atoms with E-state index >= 15 is 0 Å². The highest BCUT2D eigenvalue weighted by Crippen LogP contribution is 2.31. The summed E-state index contributed by atoms with van der Waals surface area (Å²) >= 11 is 12.0. The molecule has 1 amide bonds. The van der Waals surface area contributed by atoms with E-state index in [1.165, 1.54) is 24.3 Å². The number of hydrogen-bond donors (Lipinski definition) is 1. The van der Waals surface area contributed by atoms with Gasteiger partial charge in [-0.25, -0.2) is 4.79 Å². The number of carbonyl (C=O) groups excluding carboxylic acids is 4. The Morgan fingerprint density at radius 2 is 1.35 bits per heavy atom. The number of ketones is 2. The summed E-state index contributed by atoms with van der Waals surface area (Å²) in [5.41, 5.74) is 0.680. The zero-order chi connectivity index (χ0) is 22.1. The topological polar surface area (TPSA) is 89.5 Å². The Balaban J connectivity index is 1.55. The Morgan fingerprint density at radius 3 is 2.03 bits per heavy atom. The molecule has 0 spiro atoms. The molecule has 3 aromatic carbocycles. The molecular weight excluding hydrogens is 441 g/mol. The molecule has 0 saturated heterocycles. The van der Waals surface area contributed by atoms with E-state index in [2.05, 4.69) is 5.32 Å². The first kappa shape index (κ1) is 20.8. The number of rotatable bonds is 4. The van der Waals surface area contributed by atoms with Gasteiger partial charge in [-0.2, -0.15) is 0 Å². The monoisotopic (exact) mass is 453 g/mol. The van der Waals surface area contributed by atoms with E-state index < -0.39 is 24.3 Å². The zero-order valence-corrected chi connectivity index (χ0v) is 17.3. The minimum atomic E-state index is -0.905. The molecule has 6 nitrogen and oxygen atoms in total. The van der Waals surface area contributed by atoms with Crippen LogP contribution in [0.15, 0.2) is 60.7 Å². The van der Waals surface area contributed by atoms with Crippen LogP contribution in [0.5, 0.6) is 0 Å². The lowest BCUT2D eigenvalue weighted by Gasteiger charge is -2.19. The van der Waals surface area contributed by atoms with Crippen LogP contribution >= 0.6 is 23.2 Å². The molecule has 0 radical (unpaired) electrons. The summed E-state index contributed by atoms with van der Waals surface area (Å²) in [5, 5.41) is 2.93. The second kappa shape index (κ2) is 8.34. The number of hydrogen-bond acceptors (Lipinski definition) is 5. The number of ether oxygens (including phenoxy) is 1. The van der Waals surface area contributed by atoms with Crippen LogP contribution in [-0.4, -0.2) is 30.0 Å². The van der Waals surface area contributed by atoms with E-state index in [-0.39, 0.29) is 49.3 Å². The lowest BCUT2D eigenvalue weighted by Crippen LogP contribution is -2.26. The van der Waals surface area contributed by atoms with Crippen LogP contribution in [0.3, 0.4) is 0 Å². The second-order valence-corrected chi connectivity index (χ2v) is 7.47. The first-order valence-electron chi connectivity index (χ1n) is 9.11. The summed E-state index contributed by atoms with van der Waals surface area (Å²) in [5.74, 6) is -2.38.